The molecule has 0 aliphatic carbocycles. The van der Waals surface area contributed by atoms with Crippen LogP contribution < -0.4 is 5.32 Å². The first kappa shape index (κ1) is 17.7. The molecule has 1 aliphatic rings. The highest BCUT2D eigenvalue weighted by Crippen LogP contribution is 2.16. The second-order valence-electron chi connectivity index (χ2n) is 6.10. The lowest BCUT2D eigenvalue weighted by Crippen LogP contribution is -2.43. The fourth-order valence-electron chi connectivity index (χ4n) is 2.61. The first-order chi connectivity index (χ1) is 10.9. The van der Waals surface area contributed by atoms with Crippen molar-refractivity contribution in [2.75, 3.05) is 26.2 Å². The first-order valence-electron chi connectivity index (χ1n) is 7.70. The molecule has 1 heterocycles. The summed E-state index contributed by atoms with van der Waals surface area (Å²) in [4.78, 5) is 13.9. The van der Waals surface area contributed by atoms with Crippen LogP contribution in [0.2, 0.25) is 0 Å². The third kappa shape index (κ3) is 4.94. The van der Waals surface area contributed by atoms with E-state index in [2.05, 4.69) is 17.1 Å². The minimum atomic E-state index is -1.61. The Kier molecular flexibility index (Phi) is 6.01. The van der Waals surface area contributed by atoms with Gasteiger partial charge in [0.15, 0.2) is 17.5 Å². The monoisotopic (exact) mass is 330 g/mol. The summed E-state index contributed by atoms with van der Waals surface area (Å²) in [5, 5.41) is 12.4. The van der Waals surface area contributed by atoms with Crippen LogP contribution in [-0.4, -0.2) is 48.2 Å². The number of halogens is 3. The van der Waals surface area contributed by atoms with Crippen molar-refractivity contribution >= 4 is 5.91 Å². The molecule has 0 bridgehead atoms. The molecule has 128 valence electrons. The number of amides is 1. The lowest BCUT2D eigenvalue weighted by molar-refractivity contribution is 0.0795. The predicted molar refractivity (Wildman–Crippen MR) is 79.5 cm³/mol. The van der Waals surface area contributed by atoms with Gasteiger partial charge in [0.05, 0.1) is 6.10 Å². The molecule has 0 spiro atoms. The van der Waals surface area contributed by atoms with Gasteiger partial charge in [-0.15, -0.1) is 0 Å². The van der Waals surface area contributed by atoms with E-state index in [1.54, 1.807) is 0 Å². The standard InChI is InChI=1S/C16H21F3N2O2/c1-10-2-4-21(5-3-10)9-12(22)8-20-16(23)11-6-13(17)15(19)14(18)7-11/h6-7,10,12,22H,2-5,8-9H2,1H3,(H,20,23). The summed E-state index contributed by atoms with van der Waals surface area (Å²) in [6, 6.07) is 1.26. The average molecular weight is 330 g/mol. The van der Waals surface area contributed by atoms with Crippen LogP contribution in [-0.2, 0) is 0 Å². The molecule has 7 heteroatoms. The van der Waals surface area contributed by atoms with Gasteiger partial charge in [-0.1, -0.05) is 6.92 Å². The third-order valence-electron chi connectivity index (χ3n) is 4.09. The maximum absolute atomic E-state index is 13.1. The molecule has 1 aliphatic heterocycles. The van der Waals surface area contributed by atoms with Crippen molar-refractivity contribution in [3.05, 3.63) is 35.1 Å². The SMILES string of the molecule is CC1CCN(CC(O)CNC(=O)c2cc(F)c(F)c(F)c2)CC1. The van der Waals surface area contributed by atoms with Crippen LogP contribution >= 0.6 is 0 Å². The number of aliphatic hydroxyl groups is 1. The van der Waals surface area contributed by atoms with E-state index in [1.165, 1.54) is 0 Å². The zero-order chi connectivity index (χ0) is 17.0. The number of nitrogens with one attached hydrogen (secondary N) is 1. The van der Waals surface area contributed by atoms with Gasteiger partial charge in [-0.25, -0.2) is 13.2 Å². The van der Waals surface area contributed by atoms with Gasteiger partial charge in [0, 0.05) is 18.7 Å². The molecular formula is C16H21F3N2O2. The molecule has 1 saturated heterocycles. The Morgan fingerprint density at radius 3 is 2.43 bits per heavy atom. The molecule has 2 N–H and O–H groups in total. The summed E-state index contributed by atoms with van der Waals surface area (Å²) >= 11 is 0. The molecule has 0 saturated carbocycles. The normalized spacial score (nSPS) is 18.0. The lowest BCUT2D eigenvalue weighted by atomic mass is 9.99. The van der Waals surface area contributed by atoms with E-state index in [1.807, 2.05) is 0 Å². The second-order valence-corrected chi connectivity index (χ2v) is 6.10. The fraction of sp³-hybridized carbons (Fsp3) is 0.562. The summed E-state index contributed by atoms with van der Waals surface area (Å²) in [5.74, 6) is -4.52. The Morgan fingerprint density at radius 2 is 1.87 bits per heavy atom. The fourth-order valence-corrected chi connectivity index (χ4v) is 2.61. The summed E-state index contributed by atoms with van der Waals surface area (Å²) in [7, 11) is 0. The van der Waals surface area contributed by atoms with Gasteiger partial charge in [0.25, 0.3) is 5.91 Å². The summed E-state index contributed by atoms with van der Waals surface area (Å²) < 4.78 is 39.0. The largest absolute Gasteiger partial charge is 0.390 e. The number of rotatable bonds is 5. The number of piperidine rings is 1. The van der Waals surface area contributed by atoms with Crippen molar-refractivity contribution < 1.29 is 23.1 Å². The van der Waals surface area contributed by atoms with Crippen LogP contribution in [0.4, 0.5) is 13.2 Å². The first-order valence-corrected chi connectivity index (χ1v) is 7.70. The molecule has 1 unspecified atom stereocenters. The molecule has 1 aromatic rings. The zero-order valence-electron chi connectivity index (χ0n) is 13.0. The average Bonchev–Trinajstić information content (AvgIpc) is 2.52. The topological polar surface area (TPSA) is 52.6 Å². The number of aliphatic hydroxyl groups excluding tert-OH is 1. The van der Waals surface area contributed by atoms with Gasteiger partial charge < -0.3 is 15.3 Å². The van der Waals surface area contributed by atoms with Crippen LogP contribution in [0.5, 0.6) is 0 Å². The van der Waals surface area contributed by atoms with Gasteiger partial charge in [-0.2, -0.15) is 0 Å². The number of hydrogen-bond donors (Lipinski definition) is 2. The minimum Gasteiger partial charge on any atom is -0.390 e. The van der Waals surface area contributed by atoms with E-state index < -0.39 is 29.5 Å². The lowest BCUT2D eigenvalue weighted by Gasteiger charge is -2.31. The number of carbonyl (C=O) groups is 1. The van der Waals surface area contributed by atoms with Crippen molar-refractivity contribution in [2.24, 2.45) is 5.92 Å². The Labute approximate surface area is 133 Å². The number of nitrogens with zero attached hydrogens (tertiary/aromatic N) is 1. The van der Waals surface area contributed by atoms with E-state index in [4.69, 9.17) is 0 Å². The second kappa shape index (κ2) is 7.79. The Morgan fingerprint density at radius 1 is 1.30 bits per heavy atom. The predicted octanol–water partition coefficient (Wildman–Crippen LogP) is 1.93. The Hall–Kier alpha value is -1.60. The van der Waals surface area contributed by atoms with Gasteiger partial charge in [-0.05, 0) is 44.0 Å². The summed E-state index contributed by atoms with van der Waals surface area (Å²) in [6.45, 7) is 4.39. The number of carbonyl (C=O) groups excluding carboxylic acids is 1. The molecule has 1 aromatic carbocycles. The number of benzene rings is 1. The highest BCUT2D eigenvalue weighted by molar-refractivity contribution is 5.94. The van der Waals surface area contributed by atoms with Crippen molar-refractivity contribution in [1.82, 2.24) is 10.2 Å². The Balaban J connectivity index is 1.82. The van der Waals surface area contributed by atoms with Crippen molar-refractivity contribution in [3.8, 4) is 0 Å². The molecule has 0 radical (unpaired) electrons. The molecule has 1 atom stereocenters. The molecule has 23 heavy (non-hydrogen) atoms. The maximum atomic E-state index is 13.1. The maximum Gasteiger partial charge on any atom is 0.251 e. The summed E-state index contributed by atoms with van der Waals surface area (Å²) in [5.41, 5.74) is -0.319. The smallest absolute Gasteiger partial charge is 0.251 e. The van der Waals surface area contributed by atoms with Crippen LogP contribution in [0.1, 0.15) is 30.1 Å². The molecule has 4 nitrogen and oxygen atoms in total. The quantitative estimate of drug-likeness (QED) is 0.811. The van der Waals surface area contributed by atoms with E-state index >= 15 is 0 Å². The molecular weight excluding hydrogens is 309 g/mol. The number of β-amino-alcohol motifs (C(OH)–C–C–N with tert-alkyl or cyclic N) is 1. The summed E-state index contributed by atoms with van der Waals surface area (Å²) in [6.07, 6.45) is 1.38. The van der Waals surface area contributed by atoms with Crippen LogP contribution in [0, 0.1) is 23.4 Å². The Bertz CT molecular complexity index is 537. The number of likely N-dealkylation sites (tertiary alicyclic amines) is 1. The highest BCUT2D eigenvalue weighted by atomic mass is 19.2. The molecule has 1 amide bonds. The zero-order valence-corrected chi connectivity index (χ0v) is 13.0. The van der Waals surface area contributed by atoms with Gasteiger partial charge in [0.2, 0.25) is 0 Å². The van der Waals surface area contributed by atoms with E-state index in [0.29, 0.717) is 24.6 Å². The minimum absolute atomic E-state index is 0.0362. The van der Waals surface area contributed by atoms with Gasteiger partial charge in [-0.3, -0.25) is 4.79 Å². The van der Waals surface area contributed by atoms with Crippen molar-refractivity contribution in [1.29, 1.82) is 0 Å². The van der Waals surface area contributed by atoms with Crippen LogP contribution in [0.25, 0.3) is 0 Å². The van der Waals surface area contributed by atoms with E-state index in [-0.39, 0.29) is 12.1 Å². The van der Waals surface area contributed by atoms with E-state index in [0.717, 1.165) is 25.9 Å². The highest BCUT2D eigenvalue weighted by Gasteiger charge is 2.19. The number of hydrogen-bond acceptors (Lipinski definition) is 3. The van der Waals surface area contributed by atoms with Crippen LogP contribution in [0.3, 0.4) is 0 Å². The molecule has 2 rings (SSSR count). The van der Waals surface area contributed by atoms with Crippen molar-refractivity contribution in [3.63, 3.8) is 0 Å². The van der Waals surface area contributed by atoms with Gasteiger partial charge in [0.1, 0.15) is 0 Å². The molecule has 0 aromatic heterocycles. The van der Waals surface area contributed by atoms with E-state index in [9.17, 15) is 23.1 Å². The van der Waals surface area contributed by atoms with Gasteiger partial charge >= 0.3 is 0 Å². The third-order valence-corrected chi connectivity index (χ3v) is 4.09. The van der Waals surface area contributed by atoms with Crippen molar-refractivity contribution in [2.45, 2.75) is 25.9 Å². The van der Waals surface area contributed by atoms with Crippen LogP contribution in [0.15, 0.2) is 12.1 Å². The molecule has 1 fully saturated rings.